The molecule has 0 heterocycles. The highest BCUT2D eigenvalue weighted by Gasteiger charge is 2.10. The molecule has 0 amide bonds. The van der Waals surface area contributed by atoms with Gasteiger partial charge in [-0.25, -0.2) is 13.2 Å². The summed E-state index contributed by atoms with van der Waals surface area (Å²) >= 11 is 0. The van der Waals surface area contributed by atoms with Crippen LogP contribution in [0.1, 0.15) is 6.92 Å². The fourth-order valence-electron chi connectivity index (χ4n) is 2.17. The second-order valence-electron chi connectivity index (χ2n) is 6.10. The zero-order valence-electron chi connectivity index (χ0n) is 17.0. The maximum atomic E-state index is 12.2. The second-order valence-corrected chi connectivity index (χ2v) is 8.79. The van der Waals surface area contributed by atoms with E-state index in [1.807, 2.05) is 0 Å². The topological polar surface area (TPSA) is 118 Å². The lowest BCUT2D eigenvalue weighted by molar-refractivity contribution is -0.145. The Bertz CT molecular complexity index is 1090. The average molecular weight is 469 g/mol. The summed E-state index contributed by atoms with van der Waals surface area (Å²) in [6.07, 6.45) is 0. The van der Waals surface area contributed by atoms with E-state index in [-0.39, 0.29) is 30.5 Å². The van der Waals surface area contributed by atoms with Crippen molar-refractivity contribution >= 4 is 26.9 Å². The predicted molar refractivity (Wildman–Crippen MR) is 114 cm³/mol. The van der Waals surface area contributed by atoms with Crippen LogP contribution >= 0.6 is 0 Å². The minimum atomic E-state index is -4.13. The first-order valence-electron chi connectivity index (χ1n) is 8.91. The first-order valence-corrected chi connectivity index (χ1v) is 11.4. The van der Waals surface area contributed by atoms with E-state index in [1.165, 1.54) is 26.2 Å². The maximum absolute atomic E-state index is 12.2. The summed E-state index contributed by atoms with van der Waals surface area (Å²) in [5.41, 5.74) is 1.83. The number of benzene rings is 2. The molecule has 0 saturated heterocycles. The monoisotopic (exact) mass is 468 g/mol. The molecule has 168 valence electrons. The van der Waals surface area contributed by atoms with E-state index in [0.29, 0.717) is 5.75 Å². The third kappa shape index (κ3) is 7.79. The molecule has 0 aliphatic carbocycles. The van der Waals surface area contributed by atoms with Gasteiger partial charge in [-0.15, -0.1) is 0 Å². The molecule has 0 N–H and O–H groups in total. The van der Waals surface area contributed by atoms with Crippen molar-refractivity contribution in [2.24, 2.45) is 3.77 Å². The molecule has 0 aliphatic heterocycles. The number of ether oxygens (including phenoxy) is 3. The standard InChI is InChI=1S/C20H22NO8S2/c1-15(2)20(22)28-14-27-18-8-4-16(5-9-18)17-6-10-19(11-7-17)31(24,25)21-30(23)29-13-12-26-3/h4-11H,1,12-14H2,2-3H3/q-1. The molecule has 2 rings (SSSR count). The fraction of sp³-hybridized carbons (Fsp3) is 0.250. The normalized spacial score (nSPS) is 12.3. The van der Waals surface area contributed by atoms with Gasteiger partial charge in [0.25, 0.3) is 10.0 Å². The Kier molecular flexibility index (Phi) is 9.19. The first-order chi connectivity index (χ1) is 14.7. The zero-order chi connectivity index (χ0) is 22.9. The molecule has 31 heavy (non-hydrogen) atoms. The van der Waals surface area contributed by atoms with E-state index in [4.69, 9.17) is 18.4 Å². The van der Waals surface area contributed by atoms with Crippen LogP contribution in [0.15, 0.2) is 69.3 Å². The van der Waals surface area contributed by atoms with Gasteiger partial charge < -0.3 is 22.6 Å². The summed E-state index contributed by atoms with van der Waals surface area (Å²) in [5.74, 6) is -0.0454. The Hall–Kier alpha value is -2.73. The van der Waals surface area contributed by atoms with Gasteiger partial charge in [0.05, 0.1) is 11.5 Å². The van der Waals surface area contributed by atoms with Crippen LogP contribution in [-0.4, -0.2) is 41.5 Å². The summed E-state index contributed by atoms with van der Waals surface area (Å²) in [4.78, 5) is 11.2. The highest BCUT2D eigenvalue weighted by atomic mass is 32.3. The van der Waals surface area contributed by atoms with Crippen molar-refractivity contribution in [1.29, 1.82) is 0 Å². The van der Waals surface area contributed by atoms with Crippen molar-refractivity contribution in [3.8, 4) is 16.9 Å². The number of carbonyl (C=O) groups excluding carboxylic acids is 1. The van der Waals surface area contributed by atoms with Crippen molar-refractivity contribution in [2.45, 2.75) is 11.8 Å². The molecule has 2 aromatic rings. The first kappa shape index (κ1) is 24.5. The van der Waals surface area contributed by atoms with Gasteiger partial charge in [0.2, 0.25) is 6.79 Å². The molecular weight excluding hydrogens is 446 g/mol. The smallest absolute Gasteiger partial charge is 0.335 e. The Labute approximate surface area is 183 Å². The van der Waals surface area contributed by atoms with E-state index in [2.05, 4.69) is 10.3 Å². The van der Waals surface area contributed by atoms with E-state index in [9.17, 15) is 17.4 Å². The largest absolute Gasteiger partial charge is 0.457 e. The number of rotatable bonds is 11. The summed E-state index contributed by atoms with van der Waals surface area (Å²) < 4.78 is 59.0. The Morgan fingerprint density at radius 3 is 2.16 bits per heavy atom. The number of methoxy groups -OCH3 is 1. The van der Waals surface area contributed by atoms with Crippen molar-refractivity contribution in [3.63, 3.8) is 0 Å². The van der Waals surface area contributed by atoms with Gasteiger partial charge in [0.1, 0.15) is 5.75 Å². The predicted octanol–water partition coefficient (Wildman–Crippen LogP) is 3.22. The minimum Gasteiger partial charge on any atom is -0.457 e. The number of hydrogen-bond acceptors (Lipinski definition) is 9. The minimum absolute atomic E-state index is 0.0445. The van der Waals surface area contributed by atoms with Gasteiger partial charge in [0, 0.05) is 19.3 Å². The van der Waals surface area contributed by atoms with Crippen LogP contribution in [0.2, 0.25) is 0 Å². The zero-order valence-corrected chi connectivity index (χ0v) is 18.6. The molecule has 0 unspecified atom stereocenters. The lowest BCUT2D eigenvalue weighted by atomic mass is 10.1. The lowest BCUT2D eigenvalue weighted by Crippen LogP contribution is -2.10. The van der Waals surface area contributed by atoms with E-state index >= 15 is 0 Å². The Morgan fingerprint density at radius 1 is 1.03 bits per heavy atom. The van der Waals surface area contributed by atoms with Crippen LogP contribution in [0.3, 0.4) is 0 Å². The molecule has 0 saturated carbocycles. The number of hydrogen-bond donors (Lipinski definition) is 0. The number of carbonyl (C=O) groups is 1. The van der Waals surface area contributed by atoms with Crippen LogP contribution in [0.4, 0.5) is 0 Å². The Balaban J connectivity index is 2.02. The van der Waals surface area contributed by atoms with Crippen LogP contribution in [0.25, 0.3) is 11.1 Å². The molecule has 11 heteroatoms. The molecule has 0 aliphatic rings. The highest BCUT2D eigenvalue weighted by Crippen LogP contribution is 2.24. The third-order valence-corrected chi connectivity index (χ3v) is 6.24. The van der Waals surface area contributed by atoms with E-state index < -0.39 is 26.9 Å². The molecule has 0 bridgehead atoms. The SMILES string of the molecule is C=C(C)C(=O)OCOc1ccc(-c2ccc(S(=O)(=O)N=[S-](=O)OCCOC)cc2)cc1. The van der Waals surface area contributed by atoms with Crippen LogP contribution < -0.4 is 4.74 Å². The fourth-order valence-corrected chi connectivity index (χ4v) is 4.02. The van der Waals surface area contributed by atoms with Gasteiger partial charge in [-0.3, -0.25) is 3.77 Å². The van der Waals surface area contributed by atoms with Crippen molar-refractivity contribution < 1.29 is 35.8 Å². The molecular formula is C20H22NO8S2-. The van der Waals surface area contributed by atoms with Crippen LogP contribution in [-0.2, 0) is 43.6 Å². The number of esters is 1. The Morgan fingerprint density at radius 2 is 1.61 bits per heavy atom. The van der Waals surface area contributed by atoms with Crippen molar-refractivity contribution in [2.75, 3.05) is 27.1 Å². The van der Waals surface area contributed by atoms with Gasteiger partial charge in [0.15, 0.2) is 0 Å². The van der Waals surface area contributed by atoms with Crippen molar-refractivity contribution in [3.05, 3.63) is 60.7 Å². The van der Waals surface area contributed by atoms with Gasteiger partial charge in [-0.1, -0.05) is 30.8 Å². The molecule has 0 radical (unpaired) electrons. The van der Waals surface area contributed by atoms with Crippen LogP contribution in [0, 0.1) is 0 Å². The second kappa shape index (κ2) is 11.6. The molecule has 0 fully saturated rings. The molecule has 0 spiro atoms. The summed E-state index contributed by atoms with van der Waals surface area (Å²) in [5, 5.41) is 0. The lowest BCUT2D eigenvalue weighted by Gasteiger charge is -2.09. The highest BCUT2D eigenvalue weighted by molar-refractivity contribution is 7.95. The number of sulfonamides is 1. The summed E-state index contributed by atoms with van der Waals surface area (Å²) in [6.45, 7) is 4.90. The van der Waals surface area contributed by atoms with Gasteiger partial charge in [-0.2, -0.15) is 0 Å². The molecule has 2 aromatic carbocycles. The van der Waals surface area contributed by atoms with Gasteiger partial charge >= 0.3 is 5.97 Å². The molecule has 0 aromatic heterocycles. The number of nitrogens with zero attached hydrogens (tertiary/aromatic N) is 1. The van der Waals surface area contributed by atoms with Crippen LogP contribution in [0.5, 0.6) is 5.75 Å². The molecule has 9 nitrogen and oxygen atoms in total. The maximum Gasteiger partial charge on any atom is 0.335 e. The summed E-state index contributed by atoms with van der Waals surface area (Å²) in [7, 11) is -5.04. The van der Waals surface area contributed by atoms with Crippen molar-refractivity contribution in [1.82, 2.24) is 0 Å². The van der Waals surface area contributed by atoms with Gasteiger partial charge in [-0.05, 0) is 53.2 Å². The average Bonchev–Trinajstić information content (AvgIpc) is 2.74. The van der Waals surface area contributed by atoms with E-state index in [0.717, 1.165) is 11.1 Å². The van der Waals surface area contributed by atoms with E-state index in [1.54, 1.807) is 36.4 Å². The third-order valence-electron chi connectivity index (χ3n) is 3.73. The quantitative estimate of drug-likeness (QED) is 0.162. The molecule has 0 atom stereocenters. The summed E-state index contributed by atoms with van der Waals surface area (Å²) in [6, 6.07) is 12.8.